The van der Waals surface area contributed by atoms with Crippen LogP contribution < -0.4 is 14.4 Å². The number of amides is 2. The first kappa shape index (κ1) is 29.5. The molecule has 0 aliphatic heterocycles. The fourth-order valence-corrected chi connectivity index (χ4v) is 4.68. The third-order valence-electron chi connectivity index (χ3n) is 5.95. The number of halogens is 1. The Labute approximate surface area is 219 Å². The summed E-state index contributed by atoms with van der Waals surface area (Å²) in [7, 11) is -2.03. The van der Waals surface area contributed by atoms with E-state index in [2.05, 4.69) is 5.32 Å². The molecular weight excluding hydrogens is 502 g/mol. The molecule has 2 aromatic rings. The van der Waals surface area contributed by atoms with Gasteiger partial charge in [-0.3, -0.25) is 13.9 Å². The van der Waals surface area contributed by atoms with Gasteiger partial charge in [-0.2, -0.15) is 0 Å². The van der Waals surface area contributed by atoms with E-state index in [1.54, 1.807) is 43.3 Å². The Hall–Kier alpha value is -2.78. The van der Waals surface area contributed by atoms with Crippen LogP contribution in [0.1, 0.15) is 45.6 Å². The summed E-state index contributed by atoms with van der Waals surface area (Å²) in [5, 5.41) is 3.51. The summed E-state index contributed by atoms with van der Waals surface area (Å²) >= 11 is 5.99. The number of sulfonamides is 1. The van der Waals surface area contributed by atoms with E-state index in [0.29, 0.717) is 16.5 Å². The summed E-state index contributed by atoms with van der Waals surface area (Å²) in [6, 6.07) is 13.1. The quantitative estimate of drug-likeness (QED) is 0.412. The van der Waals surface area contributed by atoms with Crippen molar-refractivity contribution >= 4 is 39.1 Å². The van der Waals surface area contributed by atoms with Gasteiger partial charge in [0.15, 0.2) is 0 Å². The number of hydrogen-bond donors (Lipinski definition) is 1. The number of methoxy groups -OCH3 is 1. The Morgan fingerprint density at radius 3 is 2.19 bits per heavy atom. The molecular formula is C26H36ClN3O5S. The number of hydrogen-bond acceptors (Lipinski definition) is 5. The van der Waals surface area contributed by atoms with Crippen molar-refractivity contribution < 1.29 is 22.7 Å². The molecule has 2 amide bonds. The second-order valence-corrected chi connectivity index (χ2v) is 11.1. The van der Waals surface area contributed by atoms with Crippen molar-refractivity contribution in [3.8, 4) is 5.75 Å². The van der Waals surface area contributed by atoms with E-state index in [1.165, 1.54) is 16.3 Å². The van der Waals surface area contributed by atoms with Gasteiger partial charge in [-0.25, -0.2) is 8.42 Å². The van der Waals surface area contributed by atoms with Crippen LogP contribution in [0, 0.1) is 0 Å². The maximum Gasteiger partial charge on any atom is 0.242 e. The highest BCUT2D eigenvalue weighted by Gasteiger charge is 2.27. The zero-order chi connectivity index (χ0) is 26.9. The van der Waals surface area contributed by atoms with Crippen molar-refractivity contribution in [1.29, 1.82) is 0 Å². The van der Waals surface area contributed by atoms with E-state index >= 15 is 0 Å². The molecule has 0 aliphatic rings. The van der Waals surface area contributed by atoms with Crippen LogP contribution in [0.25, 0.3) is 0 Å². The average Bonchev–Trinajstić information content (AvgIpc) is 2.85. The van der Waals surface area contributed by atoms with Crippen LogP contribution in [0.2, 0.25) is 5.02 Å². The molecule has 2 aromatic carbocycles. The highest BCUT2D eigenvalue weighted by molar-refractivity contribution is 7.92. The number of carbonyl (C=O) groups is 2. The van der Waals surface area contributed by atoms with Crippen molar-refractivity contribution in [2.45, 2.75) is 58.7 Å². The summed E-state index contributed by atoms with van der Waals surface area (Å²) in [4.78, 5) is 27.7. The van der Waals surface area contributed by atoms with Crippen molar-refractivity contribution in [3.63, 3.8) is 0 Å². The lowest BCUT2D eigenvalue weighted by molar-refractivity contribution is -0.140. The zero-order valence-corrected chi connectivity index (χ0v) is 23.1. The Balaban J connectivity index is 2.16. The summed E-state index contributed by atoms with van der Waals surface area (Å²) in [6.07, 6.45) is 2.27. The topological polar surface area (TPSA) is 96.0 Å². The number of benzene rings is 2. The Bertz CT molecular complexity index is 1110. The molecule has 2 atom stereocenters. The fourth-order valence-electron chi connectivity index (χ4n) is 3.59. The minimum atomic E-state index is -3.56. The number of nitrogens with one attached hydrogen (secondary N) is 1. The molecule has 0 heterocycles. The van der Waals surface area contributed by atoms with Gasteiger partial charge >= 0.3 is 0 Å². The van der Waals surface area contributed by atoms with E-state index in [9.17, 15) is 18.0 Å². The smallest absolute Gasteiger partial charge is 0.242 e. The molecule has 0 radical (unpaired) electrons. The van der Waals surface area contributed by atoms with Gasteiger partial charge in [0, 0.05) is 30.6 Å². The van der Waals surface area contributed by atoms with Gasteiger partial charge in [-0.15, -0.1) is 0 Å². The standard InChI is InChI=1S/C26H36ClN3O5S/c1-6-19(2)28-26(32)20(3)29(18-21-9-11-22(27)12-10-21)25(31)8-7-17-30(36(5,33)34)23-13-15-24(35-4)16-14-23/h9-16,19-20H,6-8,17-18H2,1-5H3,(H,28,32). The molecule has 198 valence electrons. The molecule has 2 unspecified atom stereocenters. The third kappa shape index (κ3) is 8.71. The van der Waals surface area contributed by atoms with Gasteiger partial charge in [0.1, 0.15) is 11.8 Å². The van der Waals surface area contributed by atoms with Crippen molar-refractivity contribution in [2.75, 3.05) is 24.2 Å². The van der Waals surface area contributed by atoms with E-state index in [-0.39, 0.29) is 43.8 Å². The van der Waals surface area contributed by atoms with Gasteiger partial charge in [-0.05, 0) is 68.7 Å². The van der Waals surface area contributed by atoms with E-state index < -0.39 is 16.1 Å². The molecule has 0 saturated heterocycles. The number of anilines is 1. The van der Waals surface area contributed by atoms with Crippen molar-refractivity contribution in [2.24, 2.45) is 0 Å². The van der Waals surface area contributed by atoms with Crippen LogP contribution in [0.5, 0.6) is 5.75 Å². The second-order valence-electron chi connectivity index (χ2n) is 8.78. The molecule has 36 heavy (non-hydrogen) atoms. The molecule has 0 fully saturated rings. The largest absolute Gasteiger partial charge is 0.497 e. The minimum Gasteiger partial charge on any atom is -0.497 e. The highest BCUT2D eigenvalue weighted by Crippen LogP contribution is 2.22. The molecule has 0 spiro atoms. The molecule has 2 rings (SSSR count). The number of ether oxygens (including phenoxy) is 1. The predicted molar refractivity (Wildman–Crippen MR) is 144 cm³/mol. The van der Waals surface area contributed by atoms with Crippen molar-refractivity contribution in [1.82, 2.24) is 10.2 Å². The van der Waals surface area contributed by atoms with Gasteiger partial charge in [0.05, 0.1) is 19.1 Å². The SMILES string of the molecule is CCC(C)NC(=O)C(C)N(Cc1ccc(Cl)cc1)C(=O)CCCN(c1ccc(OC)cc1)S(C)(=O)=O. The predicted octanol–water partition coefficient (Wildman–Crippen LogP) is 4.23. The van der Waals surface area contributed by atoms with E-state index in [1.807, 2.05) is 26.0 Å². The number of nitrogens with zero attached hydrogens (tertiary/aromatic N) is 2. The third-order valence-corrected chi connectivity index (χ3v) is 7.39. The lowest BCUT2D eigenvalue weighted by Gasteiger charge is -2.30. The number of carbonyl (C=O) groups excluding carboxylic acids is 2. The molecule has 1 N–H and O–H groups in total. The van der Waals surface area contributed by atoms with Crippen LogP contribution in [0.3, 0.4) is 0 Å². The lowest BCUT2D eigenvalue weighted by Crippen LogP contribution is -2.49. The fraction of sp³-hybridized carbons (Fsp3) is 0.462. The summed E-state index contributed by atoms with van der Waals surface area (Å²) in [5.41, 5.74) is 1.33. The Morgan fingerprint density at radius 2 is 1.67 bits per heavy atom. The van der Waals surface area contributed by atoms with Crippen LogP contribution in [0.4, 0.5) is 5.69 Å². The van der Waals surface area contributed by atoms with Gasteiger partial charge in [0.2, 0.25) is 21.8 Å². The van der Waals surface area contributed by atoms with Gasteiger partial charge < -0.3 is 15.0 Å². The summed E-state index contributed by atoms with van der Waals surface area (Å²) < 4.78 is 31.3. The van der Waals surface area contributed by atoms with Gasteiger partial charge in [-0.1, -0.05) is 30.7 Å². The Kier molecular flexibility index (Phi) is 11.0. The summed E-state index contributed by atoms with van der Waals surface area (Å²) in [6.45, 7) is 5.95. The molecule has 0 aliphatic carbocycles. The number of rotatable bonds is 13. The lowest BCUT2D eigenvalue weighted by atomic mass is 10.1. The molecule has 0 saturated carbocycles. The summed E-state index contributed by atoms with van der Waals surface area (Å²) in [5.74, 6) is 0.146. The van der Waals surface area contributed by atoms with E-state index in [4.69, 9.17) is 16.3 Å². The maximum atomic E-state index is 13.3. The van der Waals surface area contributed by atoms with Crippen LogP contribution in [-0.2, 0) is 26.2 Å². The molecule has 10 heteroatoms. The van der Waals surface area contributed by atoms with Crippen molar-refractivity contribution in [3.05, 3.63) is 59.1 Å². The van der Waals surface area contributed by atoms with Crippen LogP contribution in [-0.4, -0.2) is 57.1 Å². The first-order valence-corrected chi connectivity index (χ1v) is 14.1. The molecule has 0 aromatic heterocycles. The monoisotopic (exact) mass is 537 g/mol. The van der Waals surface area contributed by atoms with Crippen LogP contribution >= 0.6 is 11.6 Å². The van der Waals surface area contributed by atoms with Gasteiger partial charge in [0.25, 0.3) is 0 Å². The first-order valence-electron chi connectivity index (χ1n) is 11.9. The first-order chi connectivity index (χ1) is 17.0. The maximum absolute atomic E-state index is 13.3. The average molecular weight is 538 g/mol. The second kappa shape index (κ2) is 13.5. The minimum absolute atomic E-state index is 0.0137. The zero-order valence-electron chi connectivity index (χ0n) is 21.5. The normalized spacial score (nSPS) is 12.9. The molecule has 0 bridgehead atoms. The van der Waals surface area contributed by atoms with E-state index in [0.717, 1.165) is 18.2 Å². The molecule has 8 nitrogen and oxygen atoms in total. The Morgan fingerprint density at radius 1 is 1.06 bits per heavy atom. The van der Waals surface area contributed by atoms with Crippen LogP contribution in [0.15, 0.2) is 48.5 Å². The highest BCUT2D eigenvalue weighted by atomic mass is 35.5.